The lowest BCUT2D eigenvalue weighted by molar-refractivity contribution is 1.54. The molecular weight excluding hydrogens is 542 g/mol. The van der Waals surface area contributed by atoms with Gasteiger partial charge in [0, 0.05) is 21.8 Å². The number of nitrogens with one attached hydrogen (secondary N) is 1. The summed E-state index contributed by atoms with van der Waals surface area (Å²) in [7, 11) is 0. The van der Waals surface area contributed by atoms with Crippen LogP contribution in [-0.2, 0) is 0 Å². The lowest BCUT2D eigenvalue weighted by Crippen LogP contribution is -1.83. The third-order valence-corrected chi connectivity index (χ3v) is 9.24. The predicted octanol–water partition coefficient (Wildman–Crippen LogP) is 12.3. The molecule has 9 aromatic rings. The molecule has 1 nitrogen and oxygen atoms in total. The zero-order valence-corrected chi connectivity index (χ0v) is 24.7. The molecule has 0 aliphatic carbocycles. The minimum Gasteiger partial charge on any atom is -0.355 e. The highest BCUT2D eigenvalue weighted by atomic mass is 14.7. The lowest BCUT2D eigenvalue weighted by Gasteiger charge is -2.09. The molecule has 0 spiro atoms. The smallest absolute Gasteiger partial charge is 0.0465 e. The van der Waals surface area contributed by atoms with Crippen LogP contribution in [0.2, 0.25) is 0 Å². The summed E-state index contributed by atoms with van der Waals surface area (Å²) in [6.07, 6.45) is 0. The van der Waals surface area contributed by atoms with E-state index in [4.69, 9.17) is 0 Å². The Balaban J connectivity index is 1.06. The van der Waals surface area contributed by atoms with Gasteiger partial charge in [-0.1, -0.05) is 146 Å². The predicted molar refractivity (Wildman–Crippen MR) is 193 cm³/mol. The van der Waals surface area contributed by atoms with Gasteiger partial charge in [0.2, 0.25) is 0 Å². The maximum atomic E-state index is 3.63. The molecule has 0 amide bonds. The summed E-state index contributed by atoms with van der Waals surface area (Å²) in [5.74, 6) is 0. The van der Waals surface area contributed by atoms with Crippen LogP contribution in [0.5, 0.6) is 0 Å². The van der Waals surface area contributed by atoms with E-state index >= 15 is 0 Å². The Morgan fingerprint density at radius 2 is 0.644 bits per heavy atom. The summed E-state index contributed by atoms with van der Waals surface area (Å²) >= 11 is 0. The minimum atomic E-state index is 1.16. The van der Waals surface area contributed by atoms with Crippen LogP contribution in [0.25, 0.3) is 87.9 Å². The van der Waals surface area contributed by atoms with Crippen molar-refractivity contribution < 1.29 is 0 Å². The van der Waals surface area contributed by atoms with Crippen molar-refractivity contribution in [1.82, 2.24) is 4.98 Å². The van der Waals surface area contributed by atoms with Crippen LogP contribution < -0.4 is 0 Å². The molecule has 0 radical (unpaired) electrons. The molecule has 0 fully saturated rings. The molecule has 0 aliphatic heterocycles. The number of H-pyrrole nitrogens is 1. The molecule has 1 heteroatoms. The van der Waals surface area contributed by atoms with Crippen LogP contribution in [0.1, 0.15) is 0 Å². The second-order valence-corrected chi connectivity index (χ2v) is 11.9. The molecule has 45 heavy (non-hydrogen) atoms. The van der Waals surface area contributed by atoms with Crippen molar-refractivity contribution in [3.8, 4) is 44.5 Å². The van der Waals surface area contributed by atoms with E-state index in [2.05, 4.69) is 175 Å². The van der Waals surface area contributed by atoms with Gasteiger partial charge in [-0.05, 0) is 90.3 Å². The molecule has 0 unspecified atom stereocenters. The number of hydrogen-bond acceptors (Lipinski definition) is 0. The van der Waals surface area contributed by atoms with E-state index in [1.54, 1.807) is 0 Å². The highest BCUT2D eigenvalue weighted by molar-refractivity contribution is 6.10. The van der Waals surface area contributed by atoms with Crippen molar-refractivity contribution in [3.63, 3.8) is 0 Å². The van der Waals surface area contributed by atoms with Gasteiger partial charge in [0.15, 0.2) is 0 Å². The van der Waals surface area contributed by atoms with Gasteiger partial charge in [-0.25, -0.2) is 0 Å². The molecule has 1 aromatic heterocycles. The zero-order valence-electron chi connectivity index (χ0n) is 24.7. The van der Waals surface area contributed by atoms with Gasteiger partial charge >= 0.3 is 0 Å². The van der Waals surface area contributed by atoms with Crippen LogP contribution in [-0.4, -0.2) is 4.98 Å². The Bertz CT molecular complexity index is 2330. The Morgan fingerprint density at radius 1 is 0.267 bits per heavy atom. The average Bonchev–Trinajstić information content (AvgIpc) is 3.48. The first-order valence-corrected chi connectivity index (χ1v) is 15.5. The largest absolute Gasteiger partial charge is 0.355 e. The minimum absolute atomic E-state index is 1.16. The maximum absolute atomic E-state index is 3.63. The number of hydrogen-bond donors (Lipinski definition) is 1. The van der Waals surface area contributed by atoms with E-state index in [1.807, 2.05) is 0 Å². The van der Waals surface area contributed by atoms with Crippen molar-refractivity contribution in [1.29, 1.82) is 0 Å². The van der Waals surface area contributed by atoms with Crippen LogP contribution in [0.4, 0.5) is 0 Å². The quantitative estimate of drug-likeness (QED) is 0.216. The van der Waals surface area contributed by atoms with Crippen LogP contribution in [0.3, 0.4) is 0 Å². The molecular formula is C44H29N. The van der Waals surface area contributed by atoms with E-state index in [1.165, 1.54) is 76.8 Å². The van der Waals surface area contributed by atoms with Gasteiger partial charge in [-0.2, -0.15) is 0 Å². The Kier molecular flexibility index (Phi) is 5.89. The van der Waals surface area contributed by atoms with Gasteiger partial charge in [-0.15, -0.1) is 0 Å². The second kappa shape index (κ2) is 10.4. The van der Waals surface area contributed by atoms with Crippen LogP contribution in [0, 0.1) is 0 Å². The van der Waals surface area contributed by atoms with Gasteiger partial charge in [0.25, 0.3) is 0 Å². The molecule has 0 saturated heterocycles. The SMILES string of the molecule is c1ccc2c(-c3ccc(-c4ccc5[nH]c6ccc(-c7ccc(-c8cccc9ccccc89)cc7)cc6c5c4)cc3)cccc2c1. The summed E-state index contributed by atoms with van der Waals surface area (Å²) in [6.45, 7) is 0. The summed E-state index contributed by atoms with van der Waals surface area (Å²) in [4.78, 5) is 3.63. The van der Waals surface area contributed by atoms with E-state index in [0.29, 0.717) is 0 Å². The first-order chi connectivity index (χ1) is 22.3. The lowest BCUT2D eigenvalue weighted by atomic mass is 9.95. The van der Waals surface area contributed by atoms with Crippen molar-refractivity contribution in [2.75, 3.05) is 0 Å². The second-order valence-electron chi connectivity index (χ2n) is 11.9. The highest BCUT2D eigenvalue weighted by Gasteiger charge is 2.10. The monoisotopic (exact) mass is 571 g/mol. The zero-order chi connectivity index (χ0) is 29.7. The highest BCUT2D eigenvalue weighted by Crippen LogP contribution is 2.36. The standard InChI is InChI=1S/C44H29N/c1-3-11-37-31(7-1)9-5-13-39(37)33-19-15-29(16-20-33)35-23-25-43-41(27-35)42-28-36(24-26-44(42)45-43)30-17-21-34(22-18-30)40-14-6-10-32-8-2-4-12-38(32)40/h1-28,45H. The third kappa shape index (κ3) is 4.41. The average molecular weight is 572 g/mol. The van der Waals surface area contributed by atoms with E-state index < -0.39 is 0 Å². The molecule has 0 aliphatic rings. The summed E-state index contributed by atoms with van der Waals surface area (Å²) < 4.78 is 0. The summed E-state index contributed by atoms with van der Waals surface area (Å²) in [5.41, 5.74) is 12.2. The fourth-order valence-corrected chi connectivity index (χ4v) is 6.90. The van der Waals surface area contributed by atoms with Crippen molar-refractivity contribution in [2.24, 2.45) is 0 Å². The van der Waals surface area contributed by atoms with Crippen LogP contribution >= 0.6 is 0 Å². The normalized spacial score (nSPS) is 11.6. The van der Waals surface area contributed by atoms with Crippen molar-refractivity contribution in [3.05, 3.63) is 170 Å². The maximum Gasteiger partial charge on any atom is 0.0465 e. The Labute approximate surface area is 262 Å². The van der Waals surface area contributed by atoms with Gasteiger partial charge < -0.3 is 4.98 Å². The Hall–Kier alpha value is -5.92. The topological polar surface area (TPSA) is 15.8 Å². The summed E-state index contributed by atoms with van der Waals surface area (Å²) in [6, 6.07) is 61.7. The first kappa shape index (κ1) is 25.6. The van der Waals surface area contributed by atoms with Crippen molar-refractivity contribution in [2.45, 2.75) is 0 Å². The fourth-order valence-electron chi connectivity index (χ4n) is 6.90. The number of rotatable bonds is 4. The number of aromatic amines is 1. The Morgan fingerprint density at radius 3 is 1.11 bits per heavy atom. The van der Waals surface area contributed by atoms with Gasteiger partial charge in [0.1, 0.15) is 0 Å². The molecule has 1 heterocycles. The first-order valence-electron chi connectivity index (χ1n) is 15.5. The third-order valence-electron chi connectivity index (χ3n) is 9.24. The molecule has 0 saturated carbocycles. The molecule has 1 N–H and O–H groups in total. The van der Waals surface area contributed by atoms with Crippen molar-refractivity contribution >= 4 is 43.4 Å². The fraction of sp³-hybridized carbons (Fsp3) is 0. The number of benzene rings is 8. The molecule has 0 bridgehead atoms. The van der Waals surface area contributed by atoms with Crippen LogP contribution in [0.15, 0.2) is 170 Å². The van der Waals surface area contributed by atoms with Gasteiger partial charge in [-0.3, -0.25) is 0 Å². The summed E-state index contributed by atoms with van der Waals surface area (Å²) in [5, 5.41) is 7.59. The van der Waals surface area contributed by atoms with E-state index in [0.717, 1.165) is 11.0 Å². The molecule has 0 atom stereocenters. The van der Waals surface area contributed by atoms with E-state index in [9.17, 15) is 0 Å². The molecule has 8 aromatic carbocycles. The van der Waals surface area contributed by atoms with Gasteiger partial charge in [0.05, 0.1) is 0 Å². The molecule has 9 rings (SSSR count). The number of fused-ring (bicyclic) bond motifs is 5. The number of aromatic nitrogens is 1. The van der Waals surface area contributed by atoms with E-state index in [-0.39, 0.29) is 0 Å². The molecule has 210 valence electrons.